The molecular formula is C15H19BrN4. The molecule has 0 saturated heterocycles. The van der Waals surface area contributed by atoms with Crippen LogP contribution >= 0.6 is 15.9 Å². The number of nitrogens with zero attached hydrogens (tertiary/aromatic N) is 3. The van der Waals surface area contributed by atoms with Crippen molar-refractivity contribution < 1.29 is 0 Å². The zero-order chi connectivity index (χ0) is 14.7. The zero-order valence-electron chi connectivity index (χ0n) is 12.0. The zero-order valence-corrected chi connectivity index (χ0v) is 13.6. The number of nitrogen functional groups attached to an aromatic ring is 1. The third kappa shape index (κ3) is 3.15. The minimum Gasteiger partial charge on any atom is -0.383 e. The lowest BCUT2D eigenvalue weighted by molar-refractivity contribution is 0.633. The molecule has 0 bridgehead atoms. The first-order chi connectivity index (χ1) is 9.52. The van der Waals surface area contributed by atoms with Gasteiger partial charge < -0.3 is 5.73 Å². The van der Waals surface area contributed by atoms with Gasteiger partial charge in [0.1, 0.15) is 5.82 Å². The minimum atomic E-state index is 0.490. The van der Waals surface area contributed by atoms with Gasteiger partial charge in [-0.3, -0.25) is 4.98 Å². The van der Waals surface area contributed by atoms with Crippen molar-refractivity contribution in [1.82, 2.24) is 15.0 Å². The molecule has 0 aliphatic carbocycles. The number of hydrogen-bond acceptors (Lipinski definition) is 4. The molecule has 2 N–H and O–H groups in total. The van der Waals surface area contributed by atoms with E-state index in [2.05, 4.69) is 51.7 Å². The van der Waals surface area contributed by atoms with Crippen LogP contribution in [0.2, 0.25) is 0 Å². The lowest BCUT2D eigenvalue weighted by Gasteiger charge is -2.12. The highest BCUT2D eigenvalue weighted by atomic mass is 79.9. The number of halogens is 1. The van der Waals surface area contributed by atoms with Crippen molar-refractivity contribution in [2.24, 2.45) is 5.92 Å². The summed E-state index contributed by atoms with van der Waals surface area (Å²) in [6, 6.07) is 1.95. The van der Waals surface area contributed by atoms with Crippen LogP contribution in [0.5, 0.6) is 0 Å². The van der Waals surface area contributed by atoms with Crippen LogP contribution in [0, 0.1) is 5.92 Å². The molecule has 0 saturated carbocycles. The highest BCUT2D eigenvalue weighted by Gasteiger charge is 2.14. The largest absolute Gasteiger partial charge is 0.383 e. The average molecular weight is 335 g/mol. The number of aromatic nitrogens is 3. The molecule has 2 aromatic rings. The predicted octanol–water partition coefficient (Wildman–Crippen LogP) is 3.64. The summed E-state index contributed by atoms with van der Waals surface area (Å²) in [7, 11) is 0. The van der Waals surface area contributed by atoms with Gasteiger partial charge in [-0.15, -0.1) is 0 Å². The predicted molar refractivity (Wildman–Crippen MR) is 85.3 cm³/mol. The van der Waals surface area contributed by atoms with Crippen LogP contribution in [0.15, 0.2) is 22.9 Å². The van der Waals surface area contributed by atoms with Crippen molar-refractivity contribution in [3.8, 4) is 11.4 Å². The molecule has 20 heavy (non-hydrogen) atoms. The number of hydrogen-bond donors (Lipinski definition) is 1. The molecule has 4 nitrogen and oxygen atoms in total. The van der Waals surface area contributed by atoms with Crippen LogP contribution in [0.25, 0.3) is 11.4 Å². The molecule has 0 fully saturated rings. The van der Waals surface area contributed by atoms with Gasteiger partial charge in [0, 0.05) is 18.0 Å². The smallest absolute Gasteiger partial charge is 0.162 e. The molecule has 5 heteroatoms. The maximum atomic E-state index is 6.01. The molecule has 0 radical (unpaired) electrons. The number of anilines is 1. The summed E-state index contributed by atoms with van der Waals surface area (Å²) in [6.45, 7) is 6.42. The second-order valence-electron chi connectivity index (χ2n) is 5.18. The number of aryl methyl sites for hydroxylation is 1. The molecular weight excluding hydrogens is 316 g/mol. The van der Waals surface area contributed by atoms with E-state index in [4.69, 9.17) is 5.73 Å². The molecule has 0 aromatic carbocycles. The molecule has 0 unspecified atom stereocenters. The Hall–Kier alpha value is -1.49. The van der Waals surface area contributed by atoms with Crippen molar-refractivity contribution in [1.29, 1.82) is 0 Å². The van der Waals surface area contributed by atoms with Crippen molar-refractivity contribution in [3.63, 3.8) is 0 Å². The van der Waals surface area contributed by atoms with E-state index in [1.54, 1.807) is 6.20 Å². The van der Waals surface area contributed by atoms with Gasteiger partial charge in [-0.1, -0.05) is 20.8 Å². The summed E-state index contributed by atoms with van der Waals surface area (Å²) in [5.74, 6) is 1.68. The van der Waals surface area contributed by atoms with Crippen LogP contribution in [0.3, 0.4) is 0 Å². The fourth-order valence-corrected chi connectivity index (χ4v) is 2.42. The van der Waals surface area contributed by atoms with Gasteiger partial charge in [0.05, 0.1) is 10.2 Å². The highest BCUT2D eigenvalue weighted by molar-refractivity contribution is 9.10. The first-order valence-corrected chi connectivity index (χ1v) is 7.57. The summed E-state index contributed by atoms with van der Waals surface area (Å²) in [5, 5.41) is 0. The molecule has 0 amide bonds. The first-order valence-electron chi connectivity index (χ1n) is 6.78. The minimum absolute atomic E-state index is 0.490. The Bertz CT molecular complexity index is 611. The van der Waals surface area contributed by atoms with Crippen LogP contribution in [0.1, 0.15) is 32.0 Å². The number of rotatable bonds is 4. The van der Waals surface area contributed by atoms with Crippen molar-refractivity contribution in [2.75, 3.05) is 5.73 Å². The maximum absolute atomic E-state index is 6.01. The highest BCUT2D eigenvalue weighted by Crippen LogP contribution is 2.28. The Morgan fingerprint density at radius 3 is 2.70 bits per heavy atom. The first kappa shape index (κ1) is 14.9. The fraction of sp³-hybridized carbons (Fsp3) is 0.400. The van der Waals surface area contributed by atoms with E-state index >= 15 is 0 Å². The van der Waals surface area contributed by atoms with E-state index in [1.807, 2.05) is 12.3 Å². The van der Waals surface area contributed by atoms with Crippen molar-refractivity contribution >= 4 is 21.7 Å². The van der Waals surface area contributed by atoms with E-state index in [-0.39, 0.29) is 0 Å². The Morgan fingerprint density at radius 2 is 2.05 bits per heavy atom. The Morgan fingerprint density at radius 1 is 1.30 bits per heavy atom. The lowest BCUT2D eigenvalue weighted by atomic mass is 10.1. The van der Waals surface area contributed by atoms with Crippen LogP contribution in [-0.2, 0) is 12.8 Å². The second-order valence-corrected chi connectivity index (χ2v) is 5.97. The van der Waals surface area contributed by atoms with Gasteiger partial charge in [0.2, 0.25) is 0 Å². The molecule has 0 aliphatic rings. The van der Waals surface area contributed by atoms with E-state index in [0.717, 1.165) is 34.1 Å². The van der Waals surface area contributed by atoms with E-state index < -0.39 is 0 Å². The molecule has 2 rings (SSSR count). The quantitative estimate of drug-likeness (QED) is 0.926. The topological polar surface area (TPSA) is 64.7 Å². The monoisotopic (exact) mass is 334 g/mol. The SMILES string of the molecule is CCc1cnccc1-c1nc(N)c(Br)c(CC(C)C)n1. The van der Waals surface area contributed by atoms with Crippen LogP contribution < -0.4 is 5.73 Å². The lowest BCUT2D eigenvalue weighted by Crippen LogP contribution is -2.06. The third-order valence-electron chi connectivity index (χ3n) is 3.07. The summed E-state index contributed by atoms with van der Waals surface area (Å²) < 4.78 is 0.807. The summed E-state index contributed by atoms with van der Waals surface area (Å²) in [4.78, 5) is 13.3. The molecule has 106 valence electrons. The number of nitrogens with two attached hydrogens (primary N) is 1. The van der Waals surface area contributed by atoms with Gasteiger partial charge in [-0.2, -0.15) is 0 Å². The average Bonchev–Trinajstić information content (AvgIpc) is 2.43. The van der Waals surface area contributed by atoms with Gasteiger partial charge in [-0.25, -0.2) is 9.97 Å². The standard InChI is InChI=1S/C15H19BrN4/c1-4-10-8-18-6-5-11(10)15-19-12(7-9(2)3)13(16)14(17)20-15/h5-6,8-9H,4,7H2,1-3H3,(H2,17,19,20). The molecule has 2 aromatic heterocycles. The Balaban J connectivity index is 2.54. The molecule has 2 heterocycles. The van der Waals surface area contributed by atoms with Crippen molar-refractivity contribution in [3.05, 3.63) is 34.2 Å². The molecule has 0 atom stereocenters. The van der Waals surface area contributed by atoms with Crippen LogP contribution in [0.4, 0.5) is 5.82 Å². The summed E-state index contributed by atoms with van der Waals surface area (Å²) >= 11 is 3.49. The number of pyridine rings is 1. The normalized spacial score (nSPS) is 11.1. The van der Waals surface area contributed by atoms with Gasteiger partial charge >= 0.3 is 0 Å². The third-order valence-corrected chi connectivity index (χ3v) is 3.94. The van der Waals surface area contributed by atoms with E-state index in [1.165, 1.54) is 0 Å². The van der Waals surface area contributed by atoms with Gasteiger partial charge in [-0.05, 0) is 46.3 Å². The van der Waals surface area contributed by atoms with Crippen LogP contribution in [-0.4, -0.2) is 15.0 Å². The van der Waals surface area contributed by atoms with E-state index in [0.29, 0.717) is 17.6 Å². The van der Waals surface area contributed by atoms with Gasteiger partial charge in [0.15, 0.2) is 5.82 Å². The Kier molecular flexibility index (Phi) is 4.70. The fourth-order valence-electron chi connectivity index (χ4n) is 2.08. The Labute approximate surface area is 128 Å². The molecule has 0 spiro atoms. The maximum Gasteiger partial charge on any atom is 0.162 e. The van der Waals surface area contributed by atoms with Gasteiger partial charge in [0.25, 0.3) is 0 Å². The van der Waals surface area contributed by atoms with E-state index in [9.17, 15) is 0 Å². The summed E-state index contributed by atoms with van der Waals surface area (Å²) in [6.07, 6.45) is 5.38. The molecule has 0 aliphatic heterocycles. The van der Waals surface area contributed by atoms with Crippen molar-refractivity contribution in [2.45, 2.75) is 33.6 Å². The second kappa shape index (κ2) is 6.31. The summed E-state index contributed by atoms with van der Waals surface area (Å²) in [5.41, 5.74) is 9.11.